The molecule has 0 heterocycles. The van der Waals surface area contributed by atoms with Crippen molar-refractivity contribution in [2.45, 2.75) is 46.8 Å². The molecule has 2 N–H and O–H groups in total. The lowest BCUT2D eigenvalue weighted by atomic mass is 10.0. The van der Waals surface area contributed by atoms with Gasteiger partial charge < -0.3 is 19.5 Å². The SMILES string of the molecule is CCOc1cc(/C=N\NC(=O)[C@H](CC(C)C)NC(=O)COc2ccccc2C)cc(Br)c1OCc1ccc(Cl)cc1Cl. The Kier molecular flexibility index (Phi) is 13.0. The molecule has 0 fully saturated rings. The summed E-state index contributed by atoms with van der Waals surface area (Å²) in [7, 11) is 0. The highest BCUT2D eigenvalue weighted by molar-refractivity contribution is 9.10. The largest absolute Gasteiger partial charge is 0.490 e. The number of amides is 2. The van der Waals surface area contributed by atoms with E-state index in [4.69, 9.17) is 37.4 Å². The van der Waals surface area contributed by atoms with Crippen molar-refractivity contribution in [1.82, 2.24) is 10.7 Å². The van der Waals surface area contributed by atoms with Crippen LogP contribution in [0.25, 0.3) is 0 Å². The number of hydrogen-bond donors (Lipinski definition) is 2. The number of hydrogen-bond acceptors (Lipinski definition) is 6. The van der Waals surface area contributed by atoms with Crippen LogP contribution < -0.4 is 25.0 Å². The molecular weight excluding hydrogens is 645 g/mol. The van der Waals surface area contributed by atoms with Crippen LogP contribution in [0.1, 0.15) is 43.9 Å². The summed E-state index contributed by atoms with van der Waals surface area (Å²) in [5.41, 5.74) is 4.87. The quantitative estimate of drug-likeness (QED) is 0.140. The van der Waals surface area contributed by atoms with Gasteiger partial charge in [-0.25, -0.2) is 5.43 Å². The summed E-state index contributed by atoms with van der Waals surface area (Å²) in [6.45, 7) is 8.11. The highest BCUT2D eigenvalue weighted by Gasteiger charge is 2.22. The second-order valence-corrected chi connectivity index (χ2v) is 11.5. The zero-order chi connectivity index (χ0) is 30.6. The molecule has 0 bridgehead atoms. The van der Waals surface area contributed by atoms with Crippen LogP contribution >= 0.6 is 39.1 Å². The molecule has 1 atom stereocenters. The first-order valence-electron chi connectivity index (χ1n) is 13.4. The first-order chi connectivity index (χ1) is 20.1. The lowest BCUT2D eigenvalue weighted by Crippen LogP contribution is -2.47. The number of aryl methyl sites for hydroxylation is 1. The Labute approximate surface area is 264 Å². The second-order valence-electron chi connectivity index (χ2n) is 9.83. The van der Waals surface area contributed by atoms with Crippen molar-refractivity contribution in [3.8, 4) is 17.2 Å². The minimum absolute atomic E-state index is 0.155. The van der Waals surface area contributed by atoms with Crippen molar-refractivity contribution in [1.29, 1.82) is 0 Å². The van der Waals surface area contributed by atoms with Gasteiger partial charge in [-0.15, -0.1) is 0 Å². The first-order valence-corrected chi connectivity index (χ1v) is 15.0. The first kappa shape index (κ1) is 33.2. The number of halogens is 3. The van der Waals surface area contributed by atoms with Gasteiger partial charge in [0.2, 0.25) is 0 Å². The van der Waals surface area contributed by atoms with Crippen LogP contribution in [0, 0.1) is 12.8 Å². The van der Waals surface area contributed by atoms with E-state index in [9.17, 15) is 9.59 Å². The molecule has 0 aromatic heterocycles. The summed E-state index contributed by atoms with van der Waals surface area (Å²) < 4.78 is 18.1. The standard InChI is InChI=1S/C31H34BrCl2N3O5/c1-5-40-28-14-21(13-24(32)30(28)42-17-22-10-11-23(33)15-25(22)34)16-35-37-31(39)26(12-19(2)3)36-29(38)18-41-27-9-7-6-8-20(27)4/h6-11,13-16,19,26H,5,12,17-18H2,1-4H3,(H,36,38)(H,37,39)/b35-16-/t26-/m0/s1. The van der Waals surface area contributed by atoms with Gasteiger partial charge in [0, 0.05) is 15.6 Å². The topological polar surface area (TPSA) is 98.2 Å². The van der Waals surface area contributed by atoms with Crippen molar-refractivity contribution >= 4 is 57.2 Å². The molecule has 224 valence electrons. The van der Waals surface area contributed by atoms with Crippen molar-refractivity contribution in [3.05, 3.63) is 85.8 Å². The van der Waals surface area contributed by atoms with E-state index >= 15 is 0 Å². The van der Waals surface area contributed by atoms with Crippen molar-refractivity contribution in [2.24, 2.45) is 11.0 Å². The van der Waals surface area contributed by atoms with Crippen LogP contribution in [0.5, 0.6) is 17.2 Å². The number of carbonyl (C=O) groups is 2. The lowest BCUT2D eigenvalue weighted by Gasteiger charge is -2.19. The van der Waals surface area contributed by atoms with Crippen LogP contribution in [0.15, 0.2) is 64.2 Å². The second kappa shape index (κ2) is 16.4. The summed E-state index contributed by atoms with van der Waals surface area (Å²) in [6.07, 6.45) is 1.92. The average molecular weight is 679 g/mol. The molecule has 42 heavy (non-hydrogen) atoms. The molecule has 0 radical (unpaired) electrons. The van der Waals surface area contributed by atoms with E-state index in [-0.39, 0.29) is 19.1 Å². The van der Waals surface area contributed by atoms with Gasteiger partial charge in [-0.2, -0.15) is 5.10 Å². The third-order valence-electron chi connectivity index (χ3n) is 5.92. The van der Waals surface area contributed by atoms with E-state index in [1.165, 1.54) is 6.21 Å². The molecule has 2 amide bonds. The lowest BCUT2D eigenvalue weighted by molar-refractivity contribution is -0.130. The summed E-state index contributed by atoms with van der Waals surface area (Å²) in [5.74, 6) is 0.920. The Balaban J connectivity index is 1.64. The molecular formula is C31H34BrCl2N3O5. The molecule has 0 unspecified atom stereocenters. The highest BCUT2D eigenvalue weighted by atomic mass is 79.9. The van der Waals surface area contributed by atoms with E-state index in [0.717, 1.165) is 11.1 Å². The van der Waals surface area contributed by atoms with Crippen molar-refractivity contribution in [3.63, 3.8) is 0 Å². The van der Waals surface area contributed by atoms with Gasteiger partial charge in [-0.3, -0.25) is 9.59 Å². The highest BCUT2D eigenvalue weighted by Crippen LogP contribution is 2.37. The van der Waals surface area contributed by atoms with E-state index < -0.39 is 17.9 Å². The number of nitrogens with zero attached hydrogens (tertiary/aromatic N) is 1. The maximum absolute atomic E-state index is 12.9. The fraction of sp³-hybridized carbons (Fsp3) is 0.323. The number of hydrazone groups is 1. The van der Waals surface area contributed by atoms with E-state index in [0.29, 0.717) is 50.4 Å². The number of benzene rings is 3. The molecule has 0 aliphatic carbocycles. The Morgan fingerprint density at radius 1 is 1.02 bits per heavy atom. The van der Waals surface area contributed by atoms with E-state index in [2.05, 4.69) is 31.8 Å². The minimum atomic E-state index is -0.781. The Bertz CT molecular complexity index is 1420. The number of ether oxygens (including phenoxy) is 3. The predicted molar refractivity (Wildman–Crippen MR) is 170 cm³/mol. The van der Waals surface area contributed by atoms with Crippen LogP contribution in [-0.4, -0.2) is 37.3 Å². The Morgan fingerprint density at radius 2 is 1.79 bits per heavy atom. The summed E-state index contributed by atoms with van der Waals surface area (Å²) in [4.78, 5) is 25.5. The molecule has 0 aliphatic heterocycles. The molecule has 3 rings (SSSR count). The summed E-state index contributed by atoms with van der Waals surface area (Å²) in [6, 6.07) is 15.4. The number of carbonyl (C=O) groups excluding carboxylic acids is 2. The third-order valence-corrected chi connectivity index (χ3v) is 7.09. The minimum Gasteiger partial charge on any atom is -0.490 e. The monoisotopic (exact) mass is 677 g/mol. The smallest absolute Gasteiger partial charge is 0.262 e. The zero-order valence-corrected chi connectivity index (χ0v) is 27.0. The molecule has 3 aromatic carbocycles. The van der Waals surface area contributed by atoms with Crippen LogP contribution in [0.3, 0.4) is 0 Å². The normalized spacial score (nSPS) is 11.8. The number of nitrogens with one attached hydrogen (secondary N) is 2. The number of rotatable bonds is 14. The molecule has 0 aliphatic rings. The molecule has 0 spiro atoms. The van der Waals surface area contributed by atoms with Gasteiger partial charge in [-0.1, -0.05) is 61.3 Å². The van der Waals surface area contributed by atoms with Gasteiger partial charge in [0.1, 0.15) is 18.4 Å². The maximum Gasteiger partial charge on any atom is 0.262 e. The third kappa shape index (κ3) is 10.2. The summed E-state index contributed by atoms with van der Waals surface area (Å²) >= 11 is 15.8. The maximum atomic E-state index is 12.9. The Morgan fingerprint density at radius 3 is 2.48 bits per heavy atom. The Hall–Kier alpha value is -3.27. The van der Waals surface area contributed by atoms with Crippen LogP contribution in [0.2, 0.25) is 10.0 Å². The van der Waals surface area contributed by atoms with Gasteiger partial charge in [0.15, 0.2) is 18.1 Å². The molecule has 8 nitrogen and oxygen atoms in total. The molecule has 11 heteroatoms. The number of para-hydroxylation sites is 1. The molecule has 0 saturated heterocycles. The van der Waals surface area contributed by atoms with E-state index in [1.54, 1.807) is 36.4 Å². The van der Waals surface area contributed by atoms with Crippen molar-refractivity contribution < 1.29 is 23.8 Å². The predicted octanol–water partition coefficient (Wildman–Crippen LogP) is 7.10. The fourth-order valence-corrected chi connectivity index (χ4v) is 4.94. The van der Waals surface area contributed by atoms with Gasteiger partial charge in [0.25, 0.3) is 11.8 Å². The van der Waals surface area contributed by atoms with Crippen LogP contribution in [0.4, 0.5) is 0 Å². The summed E-state index contributed by atoms with van der Waals surface area (Å²) in [5, 5.41) is 7.91. The molecule has 0 saturated carbocycles. The van der Waals surface area contributed by atoms with Gasteiger partial charge >= 0.3 is 0 Å². The van der Waals surface area contributed by atoms with E-state index in [1.807, 2.05) is 45.9 Å². The van der Waals surface area contributed by atoms with Gasteiger partial charge in [-0.05, 0) is 83.6 Å². The fourth-order valence-electron chi connectivity index (χ4n) is 3.90. The van der Waals surface area contributed by atoms with Crippen molar-refractivity contribution in [2.75, 3.05) is 13.2 Å². The zero-order valence-electron chi connectivity index (χ0n) is 23.9. The van der Waals surface area contributed by atoms with Crippen LogP contribution in [-0.2, 0) is 16.2 Å². The average Bonchev–Trinajstić information content (AvgIpc) is 2.92. The molecule has 3 aromatic rings. The van der Waals surface area contributed by atoms with Gasteiger partial charge in [0.05, 0.1) is 17.3 Å².